The van der Waals surface area contributed by atoms with Gasteiger partial charge < -0.3 is 5.32 Å². The van der Waals surface area contributed by atoms with Gasteiger partial charge in [-0.05, 0) is 30.3 Å². The van der Waals surface area contributed by atoms with Crippen molar-refractivity contribution in [1.82, 2.24) is 28.6 Å². The van der Waals surface area contributed by atoms with Gasteiger partial charge in [-0.15, -0.1) is 0 Å². The van der Waals surface area contributed by atoms with E-state index in [0.29, 0.717) is 28.2 Å². The highest BCUT2D eigenvalue weighted by Crippen LogP contribution is 2.33. The van der Waals surface area contributed by atoms with Gasteiger partial charge in [0.15, 0.2) is 5.65 Å². The second kappa shape index (κ2) is 6.71. The molecule has 0 amide bonds. The van der Waals surface area contributed by atoms with E-state index >= 15 is 0 Å². The van der Waals surface area contributed by atoms with Gasteiger partial charge in [0.1, 0.15) is 17.5 Å². The molecule has 0 aliphatic carbocycles. The van der Waals surface area contributed by atoms with Crippen LogP contribution in [0.2, 0.25) is 0 Å². The molecule has 5 aromatic rings. The monoisotopic (exact) mass is 419 g/mol. The van der Waals surface area contributed by atoms with E-state index < -0.39 is 10.0 Å². The third-order valence-electron chi connectivity index (χ3n) is 4.82. The summed E-state index contributed by atoms with van der Waals surface area (Å²) < 4.78 is 28.1. The maximum absolute atomic E-state index is 12.5. The van der Waals surface area contributed by atoms with Crippen molar-refractivity contribution in [3.63, 3.8) is 0 Å². The van der Waals surface area contributed by atoms with Crippen molar-refractivity contribution in [2.45, 2.75) is 4.90 Å². The van der Waals surface area contributed by atoms with E-state index in [2.05, 4.69) is 15.3 Å². The number of anilines is 2. The first-order valence-corrected chi connectivity index (χ1v) is 10.5. The van der Waals surface area contributed by atoms with Crippen LogP contribution in [0.1, 0.15) is 0 Å². The number of hydrogen-bond acceptors (Lipinski definition) is 7. The molecular weight excluding hydrogens is 402 g/mol. The predicted molar refractivity (Wildman–Crippen MR) is 114 cm³/mol. The summed E-state index contributed by atoms with van der Waals surface area (Å²) in [5.41, 5.74) is 4.06. The second-order valence-corrected chi connectivity index (χ2v) is 9.06. The van der Waals surface area contributed by atoms with Crippen molar-refractivity contribution >= 4 is 49.1 Å². The van der Waals surface area contributed by atoms with E-state index in [9.17, 15) is 8.42 Å². The largest absolute Gasteiger partial charge is 0.353 e. The van der Waals surface area contributed by atoms with Crippen LogP contribution in [0.25, 0.3) is 27.7 Å². The molecule has 4 heterocycles. The molecule has 9 nitrogen and oxygen atoms in total. The molecule has 1 N–H and O–H groups in total. The number of nitrogens with zero attached hydrogens (tertiary/aromatic N) is 6. The first kappa shape index (κ1) is 18.4. The lowest BCUT2D eigenvalue weighted by Gasteiger charge is -2.14. The molecular formula is C20H17N7O2S. The van der Waals surface area contributed by atoms with E-state index in [-0.39, 0.29) is 4.90 Å². The lowest BCUT2D eigenvalue weighted by Crippen LogP contribution is -2.22. The summed E-state index contributed by atoms with van der Waals surface area (Å²) in [6, 6.07) is 10.3. The molecule has 0 bridgehead atoms. The third kappa shape index (κ3) is 2.85. The van der Waals surface area contributed by atoms with Crippen LogP contribution < -0.4 is 5.32 Å². The predicted octanol–water partition coefficient (Wildman–Crippen LogP) is 2.82. The number of benzene rings is 1. The van der Waals surface area contributed by atoms with Gasteiger partial charge in [0.2, 0.25) is 10.0 Å². The number of pyridine rings is 2. The highest BCUT2D eigenvalue weighted by Gasteiger charge is 2.19. The normalized spacial score (nSPS) is 12.2. The minimum Gasteiger partial charge on any atom is -0.353 e. The Morgan fingerprint density at radius 2 is 1.87 bits per heavy atom. The summed E-state index contributed by atoms with van der Waals surface area (Å²) in [5, 5.41) is 4.12. The minimum atomic E-state index is -3.56. The smallest absolute Gasteiger partial charge is 0.242 e. The Bertz CT molecular complexity index is 1530. The topological polar surface area (TPSA) is 105 Å². The fraction of sp³-hybridized carbons (Fsp3) is 0.100. The number of hydrogen-bond donors (Lipinski definition) is 1. The minimum absolute atomic E-state index is 0.199. The fourth-order valence-corrected chi connectivity index (χ4v) is 4.24. The summed E-state index contributed by atoms with van der Waals surface area (Å²) in [6.07, 6.45) is 6.73. The zero-order valence-electron chi connectivity index (χ0n) is 16.2. The lowest BCUT2D eigenvalue weighted by atomic mass is 10.2. The molecule has 1 aromatic carbocycles. The molecule has 0 radical (unpaired) electrons. The standard InChI is InChI=1S/C20H17N7O2S/c1-26(2)30(28,29)14-5-3-4-13(10-14)23-18-15-11-21-8-6-16(15)24-20-19(18)25-17-7-9-22-12-27(17)20/h3-12H,1-2H3,(H,23,24). The first-order chi connectivity index (χ1) is 14.4. The highest BCUT2D eigenvalue weighted by atomic mass is 32.2. The van der Waals surface area contributed by atoms with Crippen LogP contribution in [0, 0.1) is 0 Å². The van der Waals surface area contributed by atoms with Gasteiger partial charge in [0, 0.05) is 43.8 Å². The van der Waals surface area contributed by atoms with Crippen molar-refractivity contribution in [2.24, 2.45) is 0 Å². The summed E-state index contributed by atoms with van der Waals surface area (Å²) in [7, 11) is -0.545. The molecule has 4 aromatic heterocycles. The number of imidazole rings is 1. The second-order valence-electron chi connectivity index (χ2n) is 6.91. The van der Waals surface area contributed by atoms with Crippen molar-refractivity contribution in [3.8, 4) is 0 Å². The van der Waals surface area contributed by atoms with Crippen molar-refractivity contribution in [3.05, 3.63) is 61.3 Å². The Labute approximate surface area is 172 Å². The van der Waals surface area contributed by atoms with Gasteiger partial charge in [0.25, 0.3) is 0 Å². The van der Waals surface area contributed by atoms with E-state index in [1.54, 1.807) is 55.2 Å². The van der Waals surface area contributed by atoms with Crippen LogP contribution in [0.4, 0.5) is 11.4 Å². The molecule has 150 valence electrons. The average Bonchev–Trinajstić information content (AvgIpc) is 3.12. The first-order valence-electron chi connectivity index (χ1n) is 9.10. The summed E-state index contributed by atoms with van der Waals surface area (Å²) in [6.45, 7) is 0. The molecule has 0 aliphatic rings. The molecule has 0 aliphatic heterocycles. The van der Waals surface area contributed by atoms with Gasteiger partial charge in [-0.2, -0.15) is 0 Å². The van der Waals surface area contributed by atoms with Crippen molar-refractivity contribution < 1.29 is 8.42 Å². The SMILES string of the molecule is CN(C)S(=O)(=O)c1cccc(Nc2c3cnccc3nc3c2nc2ccncn23)c1. The number of aromatic nitrogens is 5. The lowest BCUT2D eigenvalue weighted by molar-refractivity contribution is 0.521. The number of sulfonamides is 1. The van der Waals surface area contributed by atoms with Crippen LogP contribution in [-0.2, 0) is 10.0 Å². The number of fused-ring (bicyclic) bond motifs is 4. The van der Waals surface area contributed by atoms with Gasteiger partial charge in [-0.25, -0.2) is 27.7 Å². The van der Waals surface area contributed by atoms with E-state index in [0.717, 1.165) is 10.9 Å². The van der Waals surface area contributed by atoms with Gasteiger partial charge >= 0.3 is 0 Å². The zero-order chi connectivity index (χ0) is 20.9. The molecule has 0 unspecified atom stereocenters. The molecule has 0 saturated carbocycles. The Balaban J connectivity index is 1.74. The third-order valence-corrected chi connectivity index (χ3v) is 6.63. The van der Waals surface area contributed by atoms with E-state index in [1.807, 2.05) is 10.5 Å². The zero-order valence-corrected chi connectivity index (χ0v) is 17.0. The quantitative estimate of drug-likeness (QED) is 0.477. The summed E-state index contributed by atoms with van der Waals surface area (Å²) in [4.78, 5) is 18.0. The van der Waals surface area contributed by atoms with Crippen LogP contribution in [0.3, 0.4) is 0 Å². The molecule has 30 heavy (non-hydrogen) atoms. The van der Waals surface area contributed by atoms with Gasteiger partial charge in [0.05, 0.1) is 16.1 Å². The molecule has 0 fully saturated rings. The molecule has 10 heteroatoms. The van der Waals surface area contributed by atoms with Crippen LogP contribution in [0.5, 0.6) is 0 Å². The maximum atomic E-state index is 12.5. The van der Waals surface area contributed by atoms with E-state index in [4.69, 9.17) is 9.97 Å². The molecule has 5 rings (SSSR count). The van der Waals surface area contributed by atoms with E-state index in [1.165, 1.54) is 18.4 Å². The average molecular weight is 419 g/mol. The summed E-state index contributed by atoms with van der Waals surface area (Å²) in [5.74, 6) is 0. The molecule has 0 atom stereocenters. The van der Waals surface area contributed by atoms with Crippen LogP contribution >= 0.6 is 0 Å². The van der Waals surface area contributed by atoms with Crippen LogP contribution in [-0.4, -0.2) is 51.2 Å². The Morgan fingerprint density at radius 1 is 1.03 bits per heavy atom. The molecule has 0 spiro atoms. The number of nitrogens with one attached hydrogen (secondary N) is 1. The maximum Gasteiger partial charge on any atom is 0.242 e. The Kier molecular flexibility index (Phi) is 4.12. The van der Waals surface area contributed by atoms with Crippen molar-refractivity contribution in [1.29, 1.82) is 0 Å². The van der Waals surface area contributed by atoms with Crippen LogP contribution in [0.15, 0.2) is 66.2 Å². The fourth-order valence-electron chi connectivity index (χ4n) is 3.30. The Hall–Kier alpha value is -3.63. The number of rotatable bonds is 4. The molecule has 0 saturated heterocycles. The summed E-state index contributed by atoms with van der Waals surface area (Å²) >= 11 is 0. The van der Waals surface area contributed by atoms with Gasteiger partial charge in [-0.3, -0.25) is 9.38 Å². The van der Waals surface area contributed by atoms with Gasteiger partial charge in [-0.1, -0.05) is 6.07 Å². The highest BCUT2D eigenvalue weighted by molar-refractivity contribution is 7.89. The van der Waals surface area contributed by atoms with Crippen molar-refractivity contribution in [2.75, 3.05) is 19.4 Å². The Morgan fingerprint density at radius 3 is 2.70 bits per heavy atom.